The first-order chi connectivity index (χ1) is 9.20. The first kappa shape index (κ1) is 13.8. The zero-order valence-electron chi connectivity index (χ0n) is 11.9. The molecule has 0 radical (unpaired) electrons. The third-order valence-corrected chi connectivity index (χ3v) is 3.67. The average molecular weight is 261 g/mol. The van der Waals surface area contributed by atoms with E-state index in [4.69, 9.17) is 0 Å². The monoisotopic (exact) mass is 261 g/mol. The molecule has 0 unspecified atom stereocenters. The minimum absolute atomic E-state index is 0.0222. The normalized spacial score (nSPS) is 14.8. The van der Waals surface area contributed by atoms with Crippen molar-refractivity contribution < 1.29 is 4.79 Å². The zero-order valence-corrected chi connectivity index (χ0v) is 11.9. The van der Waals surface area contributed by atoms with Crippen molar-refractivity contribution in [1.29, 1.82) is 0 Å². The molecule has 0 atom stereocenters. The Bertz CT molecular complexity index is 412. The highest BCUT2D eigenvalue weighted by atomic mass is 16.2. The Morgan fingerprint density at radius 2 is 2.26 bits per heavy atom. The van der Waals surface area contributed by atoms with Crippen LogP contribution in [0.4, 0.5) is 5.69 Å². The van der Waals surface area contributed by atoms with Crippen molar-refractivity contribution in [2.45, 2.75) is 32.6 Å². The molecule has 0 spiro atoms. The number of rotatable bonds is 6. The summed E-state index contributed by atoms with van der Waals surface area (Å²) >= 11 is 0. The highest BCUT2D eigenvalue weighted by Crippen LogP contribution is 2.27. The van der Waals surface area contributed by atoms with Gasteiger partial charge >= 0.3 is 0 Å². The van der Waals surface area contributed by atoms with Crippen molar-refractivity contribution in [3.8, 4) is 0 Å². The Morgan fingerprint density at radius 3 is 2.79 bits per heavy atom. The molecule has 1 heterocycles. The largest absolute Gasteiger partial charge is 0.384 e. The Kier molecular flexibility index (Phi) is 4.77. The van der Waals surface area contributed by atoms with Crippen LogP contribution in [0.5, 0.6) is 0 Å². The van der Waals surface area contributed by atoms with Gasteiger partial charge in [0.05, 0.1) is 11.9 Å². The molecule has 1 aliphatic carbocycles. The molecule has 1 N–H and O–H groups in total. The van der Waals surface area contributed by atoms with E-state index >= 15 is 0 Å². The molecule has 1 aromatic heterocycles. The molecule has 1 fully saturated rings. The Hall–Kier alpha value is -1.58. The summed E-state index contributed by atoms with van der Waals surface area (Å²) in [6.07, 6.45) is 6.63. The van der Waals surface area contributed by atoms with Crippen molar-refractivity contribution in [2.75, 3.05) is 25.5 Å². The first-order valence-electron chi connectivity index (χ1n) is 7.16. The number of hydrogen-bond donors (Lipinski definition) is 1. The van der Waals surface area contributed by atoms with E-state index in [-0.39, 0.29) is 5.91 Å². The van der Waals surface area contributed by atoms with E-state index in [1.165, 1.54) is 19.3 Å². The van der Waals surface area contributed by atoms with Crippen LogP contribution in [-0.2, 0) is 0 Å². The molecule has 1 aromatic rings. The Morgan fingerprint density at radius 1 is 1.47 bits per heavy atom. The maximum atomic E-state index is 12.2. The molecule has 1 saturated carbocycles. The van der Waals surface area contributed by atoms with Crippen molar-refractivity contribution >= 4 is 11.6 Å². The Labute approximate surface area is 115 Å². The molecule has 4 nitrogen and oxygen atoms in total. The van der Waals surface area contributed by atoms with Crippen molar-refractivity contribution in [3.05, 3.63) is 24.0 Å². The van der Waals surface area contributed by atoms with E-state index in [1.54, 1.807) is 17.2 Å². The second-order valence-electron chi connectivity index (χ2n) is 5.34. The van der Waals surface area contributed by atoms with Gasteiger partial charge in [-0.25, -0.2) is 4.98 Å². The van der Waals surface area contributed by atoms with Gasteiger partial charge in [-0.2, -0.15) is 0 Å². The standard InChI is InChI=1S/C15H23N3O/c1-3-9-16-13-7-8-14(17-10-13)15(19)18(2)11-12-5-4-6-12/h7-8,10,12,16H,3-6,9,11H2,1-2H3. The molecule has 0 aliphatic heterocycles. The summed E-state index contributed by atoms with van der Waals surface area (Å²) < 4.78 is 0. The van der Waals surface area contributed by atoms with Gasteiger partial charge in [0, 0.05) is 20.1 Å². The molecule has 1 aliphatic rings. The molecular weight excluding hydrogens is 238 g/mol. The lowest BCUT2D eigenvalue weighted by Crippen LogP contribution is -2.34. The van der Waals surface area contributed by atoms with Gasteiger partial charge in [-0.05, 0) is 37.3 Å². The van der Waals surface area contributed by atoms with Gasteiger partial charge in [-0.1, -0.05) is 13.3 Å². The lowest BCUT2D eigenvalue weighted by molar-refractivity contribution is 0.0739. The molecular formula is C15H23N3O. The fourth-order valence-electron chi connectivity index (χ4n) is 2.24. The van der Waals surface area contributed by atoms with Gasteiger partial charge in [0.15, 0.2) is 0 Å². The number of carbonyl (C=O) groups is 1. The van der Waals surface area contributed by atoms with Crippen LogP contribution >= 0.6 is 0 Å². The molecule has 2 rings (SSSR count). The summed E-state index contributed by atoms with van der Waals surface area (Å²) in [7, 11) is 1.87. The van der Waals surface area contributed by atoms with Crippen LogP contribution in [0.1, 0.15) is 43.1 Å². The molecule has 104 valence electrons. The summed E-state index contributed by atoms with van der Waals surface area (Å²) in [4.78, 5) is 18.2. The summed E-state index contributed by atoms with van der Waals surface area (Å²) in [6.45, 7) is 3.90. The fraction of sp³-hybridized carbons (Fsp3) is 0.600. The van der Waals surface area contributed by atoms with Crippen LogP contribution in [0, 0.1) is 5.92 Å². The molecule has 0 bridgehead atoms. The third kappa shape index (κ3) is 3.69. The van der Waals surface area contributed by atoms with Crippen molar-refractivity contribution in [2.24, 2.45) is 5.92 Å². The summed E-state index contributed by atoms with van der Waals surface area (Å²) in [5, 5.41) is 3.25. The van der Waals surface area contributed by atoms with Crippen LogP contribution in [-0.4, -0.2) is 35.9 Å². The van der Waals surface area contributed by atoms with Crippen LogP contribution in [0.15, 0.2) is 18.3 Å². The zero-order chi connectivity index (χ0) is 13.7. The van der Waals surface area contributed by atoms with E-state index in [2.05, 4.69) is 17.2 Å². The third-order valence-electron chi connectivity index (χ3n) is 3.67. The number of carbonyl (C=O) groups excluding carboxylic acids is 1. The van der Waals surface area contributed by atoms with E-state index in [0.717, 1.165) is 25.2 Å². The van der Waals surface area contributed by atoms with Gasteiger partial charge in [0.2, 0.25) is 0 Å². The van der Waals surface area contributed by atoms with Crippen LogP contribution in [0.3, 0.4) is 0 Å². The quantitative estimate of drug-likeness (QED) is 0.856. The number of nitrogens with one attached hydrogen (secondary N) is 1. The van der Waals surface area contributed by atoms with E-state index in [9.17, 15) is 4.79 Å². The summed E-state index contributed by atoms with van der Waals surface area (Å²) in [6, 6.07) is 3.73. The highest BCUT2D eigenvalue weighted by molar-refractivity contribution is 5.92. The fourth-order valence-corrected chi connectivity index (χ4v) is 2.24. The van der Waals surface area contributed by atoms with E-state index in [1.807, 2.05) is 13.1 Å². The van der Waals surface area contributed by atoms with Crippen LogP contribution < -0.4 is 5.32 Å². The first-order valence-corrected chi connectivity index (χ1v) is 7.16. The Balaban J connectivity index is 1.90. The van der Waals surface area contributed by atoms with E-state index < -0.39 is 0 Å². The number of aromatic nitrogens is 1. The predicted molar refractivity (Wildman–Crippen MR) is 77.3 cm³/mol. The predicted octanol–water partition coefficient (Wildman–Crippen LogP) is 2.78. The lowest BCUT2D eigenvalue weighted by Gasteiger charge is -2.29. The smallest absolute Gasteiger partial charge is 0.272 e. The van der Waals surface area contributed by atoms with Crippen molar-refractivity contribution in [3.63, 3.8) is 0 Å². The lowest BCUT2D eigenvalue weighted by atomic mass is 9.85. The minimum Gasteiger partial charge on any atom is -0.384 e. The molecule has 19 heavy (non-hydrogen) atoms. The van der Waals surface area contributed by atoms with Gasteiger partial charge in [0.1, 0.15) is 5.69 Å². The highest BCUT2D eigenvalue weighted by Gasteiger charge is 2.22. The van der Waals surface area contributed by atoms with Gasteiger partial charge in [0.25, 0.3) is 5.91 Å². The number of hydrogen-bond acceptors (Lipinski definition) is 3. The second kappa shape index (κ2) is 6.55. The van der Waals surface area contributed by atoms with Gasteiger partial charge in [-0.15, -0.1) is 0 Å². The molecule has 0 aromatic carbocycles. The minimum atomic E-state index is 0.0222. The van der Waals surface area contributed by atoms with Crippen LogP contribution in [0.2, 0.25) is 0 Å². The topological polar surface area (TPSA) is 45.2 Å². The number of anilines is 1. The van der Waals surface area contributed by atoms with Gasteiger partial charge < -0.3 is 10.2 Å². The number of amides is 1. The SMILES string of the molecule is CCCNc1ccc(C(=O)N(C)CC2CCC2)nc1. The summed E-state index contributed by atoms with van der Waals surface area (Å²) in [5.41, 5.74) is 1.50. The molecule has 4 heteroatoms. The number of pyridine rings is 1. The van der Waals surface area contributed by atoms with E-state index in [0.29, 0.717) is 11.6 Å². The molecule has 0 saturated heterocycles. The van der Waals surface area contributed by atoms with Crippen LogP contribution in [0.25, 0.3) is 0 Å². The maximum absolute atomic E-state index is 12.2. The van der Waals surface area contributed by atoms with Crippen molar-refractivity contribution in [1.82, 2.24) is 9.88 Å². The van der Waals surface area contributed by atoms with Gasteiger partial charge in [-0.3, -0.25) is 4.79 Å². The molecule has 1 amide bonds. The summed E-state index contributed by atoms with van der Waals surface area (Å²) in [5.74, 6) is 0.716. The number of nitrogens with zero attached hydrogens (tertiary/aromatic N) is 2. The average Bonchev–Trinajstić information content (AvgIpc) is 2.40. The second-order valence-corrected chi connectivity index (χ2v) is 5.34. The maximum Gasteiger partial charge on any atom is 0.272 e.